The lowest BCUT2D eigenvalue weighted by molar-refractivity contribution is 0.102. The van der Waals surface area contributed by atoms with Crippen LogP contribution in [0.2, 0.25) is 0 Å². The van der Waals surface area contributed by atoms with Gasteiger partial charge in [-0.3, -0.25) is 14.6 Å². The summed E-state index contributed by atoms with van der Waals surface area (Å²) in [6.45, 7) is 2.24. The second kappa shape index (κ2) is 8.55. The highest BCUT2D eigenvalue weighted by Crippen LogP contribution is 2.21. The van der Waals surface area contributed by atoms with Crippen molar-refractivity contribution in [3.8, 4) is 0 Å². The first-order valence-corrected chi connectivity index (χ1v) is 10.8. The van der Waals surface area contributed by atoms with Crippen LogP contribution < -0.4 is 10.9 Å². The highest BCUT2D eigenvalue weighted by atomic mass is 32.2. The minimum absolute atomic E-state index is 0.165. The fraction of sp³-hybridized carbons (Fsp3) is 0.125. The molecule has 1 amide bonds. The number of hydrogen-bond acceptors (Lipinski definition) is 4. The summed E-state index contributed by atoms with van der Waals surface area (Å²) in [6, 6.07) is 20.9. The molecule has 30 heavy (non-hydrogen) atoms. The van der Waals surface area contributed by atoms with Crippen LogP contribution in [0.4, 0.5) is 5.69 Å². The van der Waals surface area contributed by atoms with E-state index in [0.29, 0.717) is 34.4 Å². The van der Waals surface area contributed by atoms with Crippen LogP contribution in [-0.2, 0) is 6.54 Å². The Labute approximate surface area is 178 Å². The molecule has 0 saturated heterocycles. The van der Waals surface area contributed by atoms with E-state index >= 15 is 0 Å². The predicted octanol–water partition coefficient (Wildman–Crippen LogP) is 4.73. The van der Waals surface area contributed by atoms with Gasteiger partial charge in [-0.25, -0.2) is 0 Å². The molecule has 0 aliphatic carbocycles. The van der Waals surface area contributed by atoms with E-state index in [4.69, 9.17) is 0 Å². The smallest absolute Gasteiger partial charge is 0.260 e. The molecule has 4 aromatic rings. The minimum Gasteiger partial charge on any atom is -0.322 e. The summed E-state index contributed by atoms with van der Waals surface area (Å²) in [5.41, 5.74) is 3.14. The van der Waals surface area contributed by atoms with Crippen LogP contribution >= 0.6 is 11.8 Å². The van der Waals surface area contributed by atoms with E-state index in [-0.39, 0.29) is 11.5 Å². The number of thioether (sulfide) groups is 1. The van der Waals surface area contributed by atoms with Crippen molar-refractivity contribution in [2.75, 3.05) is 11.6 Å². The zero-order valence-corrected chi connectivity index (χ0v) is 17.6. The molecular formula is C24H21N3O2S. The minimum atomic E-state index is -0.280. The van der Waals surface area contributed by atoms with Gasteiger partial charge < -0.3 is 9.88 Å². The van der Waals surface area contributed by atoms with Crippen LogP contribution in [0.3, 0.4) is 0 Å². The standard InChI is InChI=1S/C24H21N3O2S/c1-16-20(23(28)26-18-9-6-10-19(13-18)30-2)14-21-22(25-16)11-12-27(24(21)29)15-17-7-4-3-5-8-17/h3-14H,15H2,1-2H3,(H,26,28). The molecule has 0 fully saturated rings. The molecule has 0 aliphatic heterocycles. The van der Waals surface area contributed by atoms with Gasteiger partial charge in [-0.15, -0.1) is 11.8 Å². The van der Waals surface area contributed by atoms with Gasteiger partial charge in [0.1, 0.15) is 0 Å². The van der Waals surface area contributed by atoms with Gasteiger partial charge in [0.15, 0.2) is 0 Å². The van der Waals surface area contributed by atoms with Gasteiger partial charge in [-0.2, -0.15) is 0 Å². The molecule has 1 N–H and O–H groups in total. The molecule has 0 spiro atoms. The van der Waals surface area contributed by atoms with Gasteiger partial charge in [0.2, 0.25) is 0 Å². The SMILES string of the molecule is CSc1cccc(NC(=O)c2cc3c(=O)n(Cc4ccccc4)ccc3nc2C)c1. The van der Waals surface area contributed by atoms with Gasteiger partial charge in [0.05, 0.1) is 28.7 Å². The first-order valence-electron chi connectivity index (χ1n) is 9.55. The number of nitrogens with one attached hydrogen (secondary N) is 1. The summed E-state index contributed by atoms with van der Waals surface area (Å²) in [6.07, 6.45) is 3.73. The van der Waals surface area contributed by atoms with Gasteiger partial charge in [0, 0.05) is 16.8 Å². The van der Waals surface area contributed by atoms with Crippen molar-refractivity contribution in [1.29, 1.82) is 0 Å². The van der Waals surface area contributed by atoms with Crippen LogP contribution in [-0.4, -0.2) is 21.7 Å². The molecule has 0 atom stereocenters. The van der Waals surface area contributed by atoms with Gasteiger partial charge >= 0.3 is 0 Å². The van der Waals surface area contributed by atoms with Crippen LogP contribution in [0.15, 0.2) is 82.6 Å². The third kappa shape index (κ3) is 4.14. The van der Waals surface area contributed by atoms with Crippen molar-refractivity contribution < 1.29 is 4.79 Å². The molecule has 2 heterocycles. The molecule has 150 valence electrons. The number of pyridine rings is 2. The number of benzene rings is 2. The maximum absolute atomic E-state index is 13.0. The van der Waals surface area contributed by atoms with Crippen molar-refractivity contribution in [3.05, 3.63) is 100 Å². The van der Waals surface area contributed by atoms with Crippen LogP contribution in [0, 0.1) is 6.92 Å². The van der Waals surface area contributed by atoms with Gasteiger partial charge in [-0.1, -0.05) is 36.4 Å². The summed E-state index contributed by atoms with van der Waals surface area (Å²) >= 11 is 1.61. The molecule has 5 nitrogen and oxygen atoms in total. The first kappa shape index (κ1) is 19.9. The number of carbonyl (C=O) groups excluding carboxylic acids is 1. The molecule has 2 aromatic heterocycles. The highest BCUT2D eigenvalue weighted by Gasteiger charge is 2.15. The van der Waals surface area contributed by atoms with Gasteiger partial charge in [-0.05, 0) is 49.1 Å². The van der Waals surface area contributed by atoms with E-state index in [0.717, 1.165) is 10.5 Å². The van der Waals surface area contributed by atoms with E-state index < -0.39 is 0 Å². The molecule has 0 unspecified atom stereocenters. The fourth-order valence-electron chi connectivity index (χ4n) is 3.34. The number of carbonyl (C=O) groups is 1. The van der Waals surface area contributed by atoms with E-state index in [1.165, 1.54) is 0 Å². The molecule has 0 aliphatic rings. The van der Waals surface area contributed by atoms with Crippen molar-refractivity contribution in [2.24, 2.45) is 0 Å². The van der Waals surface area contributed by atoms with E-state index in [9.17, 15) is 9.59 Å². The van der Waals surface area contributed by atoms with E-state index in [1.807, 2.05) is 66.9 Å². The third-order valence-corrected chi connectivity index (χ3v) is 5.64. The highest BCUT2D eigenvalue weighted by molar-refractivity contribution is 7.98. The summed E-state index contributed by atoms with van der Waals surface area (Å²) in [7, 11) is 0. The molecule has 0 bridgehead atoms. The molecule has 4 rings (SSSR count). The molecule has 0 saturated carbocycles. The Morgan fingerprint density at radius 2 is 1.87 bits per heavy atom. The van der Waals surface area contributed by atoms with Crippen molar-refractivity contribution in [2.45, 2.75) is 18.4 Å². The molecule has 2 aromatic carbocycles. The number of fused-ring (bicyclic) bond motifs is 1. The number of aromatic nitrogens is 2. The lowest BCUT2D eigenvalue weighted by Gasteiger charge is -2.11. The Balaban J connectivity index is 1.69. The second-order valence-electron chi connectivity index (χ2n) is 6.97. The van der Waals surface area contributed by atoms with Crippen LogP contribution in [0.5, 0.6) is 0 Å². The number of hydrogen-bond donors (Lipinski definition) is 1. The van der Waals surface area contributed by atoms with E-state index in [2.05, 4.69) is 10.3 Å². The quantitative estimate of drug-likeness (QED) is 0.479. The maximum atomic E-state index is 13.0. The zero-order valence-electron chi connectivity index (χ0n) is 16.8. The lowest BCUT2D eigenvalue weighted by atomic mass is 10.1. The number of anilines is 1. The normalized spacial score (nSPS) is 10.9. The van der Waals surface area contributed by atoms with E-state index in [1.54, 1.807) is 35.5 Å². The van der Waals surface area contributed by atoms with Crippen LogP contribution in [0.1, 0.15) is 21.6 Å². The van der Waals surface area contributed by atoms with Crippen LogP contribution in [0.25, 0.3) is 10.9 Å². The summed E-state index contributed by atoms with van der Waals surface area (Å²) in [5, 5.41) is 3.34. The zero-order chi connectivity index (χ0) is 21.1. The second-order valence-corrected chi connectivity index (χ2v) is 7.85. The largest absolute Gasteiger partial charge is 0.322 e. The Bertz CT molecular complexity index is 1280. The Hall–Kier alpha value is -3.38. The first-order chi connectivity index (χ1) is 14.5. The van der Waals surface area contributed by atoms with Crippen molar-refractivity contribution in [3.63, 3.8) is 0 Å². The number of aryl methyl sites for hydroxylation is 1. The predicted molar refractivity (Wildman–Crippen MR) is 122 cm³/mol. The molecular weight excluding hydrogens is 394 g/mol. The average Bonchev–Trinajstić information content (AvgIpc) is 2.76. The maximum Gasteiger partial charge on any atom is 0.260 e. The number of amides is 1. The van der Waals surface area contributed by atoms with Crippen molar-refractivity contribution in [1.82, 2.24) is 9.55 Å². The Morgan fingerprint density at radius 3 is 2.63 bits per heavy atom. The number of nitrogens with zero attached hydrogens (tertiary/aromatic N) is 2. The monoisotopic (exact) mass is 415 g/mol. The topological polar surface area (TPSA) is 64.0 Å². The Kier molecular flexibility index (Phi) is 5.68. The molecule has 0 radical (unpaired) electrons. The lowest BCUT2D eigenvalue weighted by Crippen LogP contribution is -2.22. The fourth-order valence-corrected chi connectivity index (χ4v) is 3.80. The summed E-state index contributed by atoms with van der Waals surface area (Å²) in [4.78, 5) is 31.5. The van der Waals surface area contributed by atoms with Crippen molar-refractivity contribution >= 4 is 34.3 Å². The molecule has 6 heteroatoms. The average molecular weight is 416 g/mol. The van der Waals surface area contributed by atoms with Gasteiger partial charge in [0.25, 0.3) is 11.5 Å². The Morgan fingerprint density at radius 1 is 1.07 bits per heavy atom. The number of rotatable bonds is 5. The summed E-state index contributed by atoms with van der Waals surface area (Å²) in [5.74, 6) is -0.280. The summed E-state index contributed by atoms with van der Waals surface area (Å²) < 4.78 is 1.64. The third-order valence-electron chi connectivity index (χ3n) is 4.91.